The highest BCUT2D eigenvalue weighted by molar-refractivity contribution is 6.30. The van der Waals surface area contributed by atoms with E-state index in [0.29, 0.717) is 17.3 Å². The summed E-state index contributed by atoms with van der Waals surface area (Å²) in [4.78, 5) is 0. The zero-order chi connectivity index (χ0) is 12.4. The minimum atomic E-state index is -0.345. The third-order valence-electron chi connectivity index (χ3n) is 2.68. The second-order valence-electron chi connectivity index (χ2n) is 3.89. The van der Waals surface area contributed by atoms with Crippen molar-refractivity contribution < 1.29 is 4.39 Å². The smallest absolute Gasteiger partial charge is 0.126 e. The van der Waals surface area contributed by atoms with Crippen molar-refractivity contribution in [2.24, 2.45) is 7.05 Å². The number of nitrogens with zero attached hydrogens (tertiary/aromatic N) is 2. The van der Waals surface area contributed by atoms with Gasteiger partial charge in [-0.25, -0.2) is 4.39 Å². The molecule has 0 unspecified atom stereocenters. The zero-order valence-corrected chi connectivity index (χ0v) is 10.4. The Morgan fingerprint density at radius 2 is 2.18 bits per heavy atom. The Bertz CT molecular complexity index is 516. The van der Waals surface area contributed by atoms with E-state index < -0.39 is 0 Å². The lowest BCUT2D eigenvalue weighted by atomic mass is 10.2. The van der Waals surface area contributed by atoms with Gasteiger partial charge in [-0.2, -0.15) is 5.10 Å². The van der Waals surface area contributed by atoms with Crippen LogP contribution in [0.15, 0.2) is 24.4 Å². The second kappa shape index (κ2) is 4.75. The summed E-state index contributed by atoms with van der Waals surface area (Å²) in [5, 5.41) is 7.64. The molecule has 0 saturated carbocycles. The summed E-state index contributed by atoms with van der Waals surface area (Å²) in [5.41, 5.74) is 2.83. The molecule has 0 aliphatic rings. The van der Waals surface area contributed by atoms with Crippen LogP contribution < -0.4 is 5.32 Å². The lowest BCUT2D eigenvalue weighted by Crippen LogP contribution is -2.01. The molecule has 0 bridgehead atoms. The molecular weight excluding hydrogens is 241 g/mol. The normalized spacial score (nSPS) is 10.6. The number of aromatic nitrogens is 2. The van der Waals surface area contributed by atoms with Gasteiger partial charge in [0.1, 0.15) is 5.82 Å². The van der Waals surface area contributed by atoms with Crippen LogP contribution in [0.3, 0.4) is 0 Å². The summed E-state index contributed by atoms with van der Waals surface area (Å²) in [6, 6.07) is 4.38. The van der Waals surface area contributed by atoms with Crippen molar-refractivity contribution in [2.45, 2.75) is 13.5 Å². The van der Waals surface area contributed by atoms with Crippen LogP contribution in [0.4, 0.5) is 10.1 Å². The highest BCUT2D eigenvalue weighted by Crippen LogP contribution is 2.19. The van der Waals surface area contributed by atoms with Gasteiger partial charge in [0.05, 0.1) is 6.20 Å². The molecule has 0 fully saturated rings. The number of hydrogen-bond acceptors (Lipinski definition) is 2. The summed E-state index contributed by atoms with van der Waals surface area (Å²) in [7, 11) is 1.89. The van der Waals surface area contributed by atoms with Crippen LogP contribution in [-0.4, -0.2) is 9.78 Å². The first-order valence-electron chi connectivity index (χ1n) is 5.23. The quantitative estimate of drug-likeness (QED) is 0.911. The molecule has 1 N–H and O–H groups in total. The van der Waals surface area contributed by atoms with E-state index in [2.05, 4.69) is 10.4 Å². The van der Waals surface area contributed by atoms with Crippen molar-refractivity contribution in [3.05, 3.63) is 46.5 Å². The molecular formula is C12H13ClFN3. The van der Waals surface area contributed by atoms with Crippen LogP contribution in [0.2, 0.25) is 5.02 Å². The lowest BCUT2D eigenvalue weighted by molar-refractivity contribution is 0.628. The maximum atomic E-state index is 13.1. The highest BCUT2D eigenvalue weighted by atomic mass is 35.5. The van der Waals surface area contributed by atoms with Gasteiger partial charge in [-0.15, -0.1) is 0 Å². The molecule has 0 atom stereocenters. The molecule has 90 valence electrons. The molecule has 0 amide bonds. The molecule has 2 aromatic rings. The van der Waals surface area contributed by atoms with Gasteiger partial charge in [-0.1, -0.05) is 11.6 Å². The van der Waals surface area contributed by atoms with Crippen LogP contribution >= 0.6 is 11.6 Å². The maximum absolute atomic E-state index is 13.1. The number of aryl methyl sites for hydroxylation is 1. The van der Waals surface area contributed by atoms with Crippen molar-refractivity contribution in [1.29, 1.82) is 0 Å². The molecule has 2 rings (SSSR count). The van der Waals surface area contributed by atoms with Gasteiger partial charge in [0.2, 0.25) is 0 Å². The summed E-state index contributed by atoms with van der Waals surface area (Å²) >= 11 is 5.77. The summed E-state index contributed by atoms with van der Waals surface area (Å²) < 4.78 is 14.9. The fourth-order valence-electron chi connectivity index (χ4n) is 1.57. The number of benzene rings is 1. The molecule has 3 nitrogen and oxygen atoms in total. The van der Waals surface area contributed by atoms with E-state index in [9.17, 15) is 4.39 Å². The monoisotopic (exact) mass is 253 g/mol. The largest absolute Gasteiger partial charge is 0.381 e. The van der Waals surface area contributed by atoms with E-state index in [1.54, 1.807) is 16.9 Å². The van der Waals surface area contributed by atoms with E-state index >= 15 is 0 Å². The van der Waals surface area contributed by atoms with Crippen LogP contribution in [0.5, 0.6) is 0 Å². The van der Waals surface area contributed by atoms with Crippen molar-refractivity contribution in [3.8, 4) is 0 Å². The first-order valence-corrected chi connectivity index (χ1v) is 5.61. The molecule has 5 heteroatoms. The van der Waals surface area contributed by atoms with Crippen molar-refractivity contribution in [3.63, 3.8) is 0 Å². The van der Waals surface area contributed by atoms with Crippen molar-refractivity contribution >= 4 is 17.3 Å². The van der Waals surface area contributed by atoms with Crippen molar-refractivity contribution in [2.75, 3.05) is 5.32 Å². The maximum Gasteiger partial charge on any atom is 0.126 e. The number of hydrogen-bond donors (Lipinski definition) is 1. The molecule has 0 aliphatic carbocycles. The Labute approximate surface area is 104 Å². The summed E-state index contributed by atoms with van der Waals surface area (Å²) in [5.74, 6) is -0.345. The SMILES string of the molecule is Cc1c(CNc2cc(F)cc(Cl)c2)cnn1C. The van der Waals surface area contributed by atoms with E-state index in [1.807, 2.05) is 14.0 Å². The molecule has 1 heterocycles. The molecule has 0 spiro atoms. The Morgan fingerprint density at radius 3 is 2.76 bits per heavy atom. The van der Waals surface area contributed by atoms with E-state index in [-0.39, 0.29) is 5.82 Å². The molecule has 17 heavy (non-hydrogen) atoms. The van der Waals surface area contributed by atoms with E-state index in [0.717, 1.165) is 11.3 Å². The van der Waals surface area contributed by atoms with Crippen LogP contribution in [0.1, 0.15) is 11.3 Å². The minimum absolute atomic E-state index is 0.345. The first-order chi connectivity index (χ1) is 8.06. The highest BCUT2D eigenvalue weighted by Gasteiger charge is 2.04. The van der Waals surface area contributed by atoms with Crippen molar-refractivity contribution in [1.82, 2.24) is 9.78 Å². The predicted molar refractivity (Wildman–Crippen MR) is 66.7 cm³/mol. The zero-order valence-electron chi connectivity index (χ0n) is 9.67. The Kier molecular flexibility index (Phi) is 3.33. The Balaban J connectivity index is 2.09. The van der Waals surface area contributed by atoms with Gasteiger partial charge in [0.25, 0.3) is 0 Å². The van der Waals surface area contributed by atoms with E-state index in [4.69, 9.17) is 11.6 Å². The predicted octanol–water partition coefficient (Wildman–Crippen LogP) is 3.13. The topological polar surface area (TPSA) is 29.9 Å². The van der Waals surface area contributed by atoms with Gasteiger partial charge < -0.3 is 5.32 Å². The minimum Gasteiger partial charge on any atom is -0.381 e. The molecule has 1 aromatic heterocycles. The van der Waals surface area contributed by atoms with Gasteiger partial charge in [0.15, 0.2) is 0 Å². The summed E-state index contributed by atoms with van der Waals surface area (Å²) in [6.07, 6.45) is 1.79. The number of anilines is 1. The van der Waals surface area contributed by atoms with Crippen LogP contribution in [0, 0.1) is 12.7 Å². The number of nitrogens with one attached hydrogen (secondary N) is 1. The standard InChI is InChI=1S/C12H13ClFN3/c1-8-9(7-16-17(8)2)6-15-12-4-10(13)3-11(14)5-12/h3-5,7,15H,6H2,1-2H3. The summed E-state index contributed by atoms with van der Waals surface area (Å²) in [6.45, 7) is 2.59. The van der Waals surface area contributed by atoms with Gasteiger partial charge >= 0.3 is 0 Å². The van der Waals surface area contributed by atoms with Crippen LogP contribution in [0.25, 0.3) is 0 Å². The number of rotatable bonds is 3. The average molecular weight is 254 g/mol. The fraction of sp³-hybridized carbons (Fsp3) is 0.250. The molecule has 1 aromatic carbocycles. The number of halogens is 2. The van der Waals surface area contributed by atoms with Gasteiger partial charge in [-0.05, 0) is 25.1 Å². The molecule has 0 aliphatic heterocycles. The van der Waals surface area contributed by atoms with Gasteiger partial charge in [-0.3, -0.25) is 4.68 Å². The Hall–Kier alpha value is -1.55. The average Bonchev–Trinajstić information content (AvgIpc) is 2.56. The van der Waals surface area contributed by atoms with E-state index in [1.165, 1.54) is 12.1 Å². The van der Waals surface area contributed by atoms with Crippen LogP contribution in [-0.2, 0) is 13.6 Å². The molecule has 0 radical (unpaired) electrons. The third-order valence-corrected chi connectivity index (χ3v) is 2.90. The fourth-order valence-corrected chi connectivity index (χ4v) is 1.79. The first kappa shape index (κ1) is 11.9. The third kappa shape index (κ3) is 2.77. The van der Waals surface area contributed by atoms with Gasteiger partial charge in [0, 0.05) is 35.6 Å². The second-order valence-corrected chi connectivity index (χ2v) is 4.33. The Morgan fingerprint density at radius 1 is 1.41 bits per heavy atom. The lowest BCUT2D eigenvalue weighted by Gasteiger charge is -2.06. The molecule has 0 saturated heterocycles.